The normalized spacial score (nSPS) is 19.9. The van der Waals surface area contributed by atoms with Gasteiger partial charge in [0.25, 0.3) is 5.91 Å². The largest absolute Gasteiger partial charge is 0.494 e. The Morgan fingerprint density at radius 3 is 2.65 bits per heavy atom. The molecule has 1 saturated heterocycles. The van der Waals surface area contributed by atoms with E-state index in [0.717, 1.165) is 36.8 Å². The van der Waals surface area contributed by atoms with E-state index >= 15 is 0 Å². The molecule has 0 bridgehead atoms. The Morgan fingerprint density at radius 2 is 1.97 bits per heavy atom. The first kappa shape index (κ1) is 23.4. The van der Waals surface area contributed by atoms with Crippen LogP contribution < -0.4 is 21.1 Å². The molecule has 0 radical (unpaired) electrons. The lowest BCUT2D eigenvalue weighted by molar-refractivity contribution is -0.242. The van der Waals surface area contributed by atoms with Crippen molar-refractivity contribution in [2.75, 3.05) is 31.0 Å². The lowest BCUT2D eigenvalue weighted by atomic mass is 9.85. The number of carbonyl (C=O) groups is 2. The number of nitrogens with zero attached hydrogens (tertiary/aromatic N) is 4. The van der Waals surface area contributed by atoms with Crippen molar-refractivity contribution < 1.29 is 23.8 Å². The van der Waals surface area contributed by atoms with E-state index in [1.54, 1.807) is 13.3 Å². The van der Waals surface area contributed by atoms with Gasteiger partial charge in [-0.05, 0) is 25.3 Å². The second-order valence-electron chi connectivity index (χ2n) is 9.40. The first-order valence-corrected chi connectivity index (χ1v) is 12.2. The van der Waals surface area contributed by atoms with E-state index in [1.807, 2.05) is 29.1 Å². The van der Waals surface area contributed by atoms with Crippen LogP contribution in [0.3, 0.4) is 0 Å². The Morgan fingerprint density at radius 1 is 1.16 bits per heavy atom. The van der Waals surface area contributed by atoms with E-state index in [4.69, 9.17) is 19.9 Å². The number of rotatable bonds is 8. The molecule has 2 aromatic heterocycles. The summed E-state index contributed by atoms with van der Waals surface area (Å²) in [5.74, 6) is -0.694. The van der Waals surface area contributed by atoms with Crippen molar-refractivity contribution >= 4 is 29.0 Å². The maximum Gasteiger partial charge on any atom is 0.271 e. The quantitative estimate of drug-likeness (QED) is 0.419. The summed E-state index contributed by atoms with van der Waals surface area (Å²) in [5.41, 5.74) is 7.99. The molecule has 1 spiro atoms. The van der Waals surface area contributed by atoms with Crippen molar-refractivity contribution in [3.63, 3.8) is 0 Å². The third kappa shape index (κ3) is 4.27. The molecule has 1 atom stereocenters. The summed E-state index contributed by atoms with van der Waals surface area (Å²) in [6.07, 6.45) is 7.20. The molecule has 6 rings (SSSR count). The van der Waals surface area contributed by atoms with Gasteiger partial charge < -0.3 is 30.6 Å². The molecule has 4 N–H and O–H groups in total. The summed E-state index contributed by atoms with van der Waals surface area (Å²) in [6.45, 7) is 1.19. The van der Waals surface area contributed by atoms with Gasteiger partial charge in [0.1, 0.15) is 11.8 Å². The number of amides is 2. The Labute approximate surface area is 212 Å². The summed E-state index contributed by atoms with van der Waals surface area (Å²) < 4.78 is 19.4. The fourth-order valence-electron chi connectivity index (χ4n) is 4.83. The molecule has 3 aliphatic rings. The van der Waals surface area contributed by atoms with Crippen LogP contribution in [-0.2, 0) is 14.3 Å². The van der Waals surface area contributed by atoms with Gasteiger partial charge in [-0.25, -0.2) is 0 Å². The topological polar surface area (TPSA) is 156 Å². The van der Waals surface area contributed by atoms with Crippen LogP contribution in [0.5, 0.6) is 5.75 Å². The van der Waals surface area contributed by atoms with Gasteiger partial charge >= 0.3 is 0 Å². The molecule has 2 amide bonds. The molecule has 1 aliphatic heterocycles. The molecule has 3 heterocycles. The fraction of sp³-hybridized carbons (Fsp3) is 0.400. The Kier molecular flexibility index (Phi) is 5.76. The number of primary amides is 1. The highest BCUT2D eigenvalue weighted by Crippen LogP contribution is 2.48. The van der Waals surface area contributed by atoms with Gasteiger partial charge in [0, 0.05) is 35.7 Å². The van der Waals surface area contributed by atoms with Crippen LogP contribution in [0.2, 0.25) is 0 Å². The zero-order valence-corrected chi connectivity index (χ0v) is 20.3. The minimum Gasteiger partial charge on any atom is -0.494 e. The summed E-state index contributed by atoms with van der Waals surface area (Å²) in [4.78, 5) is 24.2. The summed E-state index contributed by atoms with van der Waals surface area (Å²) in [5, 5.41) is 18.4. The number of benzene rings is 1. The van der Waals surface area contributed by atoms with Crippen molar-refractivity contribution in [1.29, 1.82) is 0 Å². The smallest absolute Gasteiger partial charge is 0.271 e. The van der Waals surface area contributed by atoms with E-state index in [2.05, 4.69) is 25.9 Å². The van der Waals surface area contributed by atoms with Crippen molar-refractivity contribution in [3.8, 4) is 16.9 Å². The number of carbonyl (C=O) groups excluding carboxylic acids is 2. The fourth-order valence-corrected chi connectivity index (χ4v) is 4.83. The number of methoxy groups -OCH3 is 1. The molecular weight excluding hydrogens is 478 g/mol. The van der Waals surface area contributed by atoms with Gasteiger partial charge in [-0.1, -0.05) is 12.1 Å². The minimum atomic E-state index is -0.753. The molecule has 3 aromatic rings. The molecule has 12 heteroatoms. The highest BCUT2D eigenvalue weighted by atomic mass is 16.7. The van der Waals surface area contributed by atoms with E-state index in [0.29, 0.717) is 30.3 Å². The van der Waals surface area contributed by atoms with Crippen LogP contribution in [0.1, 0.15) is 42.2 Å². The predicted molar refractivity (Wildman–Crippen MR) is 132 cm³/mol. The van der Waals surface area contributed by atoms with E-state index in [-0.39, 0.29) is 29.4 Å². The zero-order valence-electron chi connectivity index (χ0n) is 20.3. The maximum absolute atomic E-state index is 12.2. The molecule has 12 nitrogen and oxygen atoms in total. The average molecular weight is 506 g/mol. The summed E-state index contributed by atoms with van der Waals surface area (Å²) >= 11 is 0. The molecule has 1 aromatic carbocycles. The molecular formula is C25H27N7O5. The second kappa shape index (κ2) is 9.12. The van der Waals surface area contributed by atoms with Crippen LogP contribution in [0.25, 0.3) is 11.1 Å². The molecule has 1 unspecified atom stereocenters. The average Bonchev–Trinajstić information content (AvgIpc) is 3.40. The van der Waals surface area contributed by atoms with Crippen LogP contribution in [-0.4, -0.2) is 57.9 Å². The molecule has 37 heavy (non-hydrogen) atoms. The van der Waals surface area contributed by atoms with Crippen LogP contribution in [0, 0.1) is 5.92 Å². The third-order valence-electron chi connectivity index (χ3n) is 7.00. The Hall–Kier alpha value is -4.03. The highest BCUT2D eigenvalue weighted by molar-refractivity contribution is 5.99. The van der Waals surface area contributed by atoms with Gasteiger partial charge in [-0.2, -0.15) is 5.10 Å². The van der Waals surface area contributed by atoms with Crippen molar-refractivity contribution in [3.05, 3.63) is 42.4 Å². The lowest BCUT2D eigenvalue weighted by Crippen LogP contribution is -2.49. The number of hydrogen-bond acceptors (Lipinski definition) is 9. The molecule has 2 aliphatic carbocycles. The minimum absolute atomic E-state index is 0.00618. The van der Waals surface area contributed by atoms with Gasteiger partial charge in [-0.15, -0.1) is 10.2 Å². The Bertz CT molecular complexity index is 1360. The zero-order chi connectivity index (χ0) is 25.6. The summed E-state index contributed by atoms with van der Waals surface area (Å²) in [6, 6.07) is 7.14. The monoisotopic (exact) mass is 505 g/mol. The first-order chi connectivity index (χ1) is 18.0. The number of aromatic nitrogens is 4. The highest BCUT2D eigenvalue weighted by Gasteiger charge is 2.53. The van der Waals surface area contributed by atoms with E-state index in [9.17, 15) is 9.59 Å². The predicted octanol–water partition coefficient (Wildman–Crippen LogP) is 2.62. The second-order valence-corrected chi connectivity index (χ2v) is 9.40. The number of hydrogen-bond donors (Lipinski definition) is 3. The summed E-state index contributed by atoms with van der Waals surface area (Å²) in [7, 11) is 1.57. The number of para-hydroxylation sites is 1. The number of anilines is 3. The van der Waals surface area contributed by atoms with Gasteiger partial charge in [0.15, 0.2) is 17.3 Å². The molecule has 2 saturated carbocycles. The van der Waals surface area contributed by atoms with E-state index < -0.39 is 11.7 Å². The van der Waals surface area contributed by atoms with Crippen LogP contribution in [0.4, 0.5) is 17.2 Å². The van der Waals surface area contributed by atoms with Crippen molar-refractivity contribution in [1.82, 2.24) is 20.0 Å². The van der Waals surface area contributed by atoms with Crippen LogP contribution >= 0.6 is 0 Å². The van der Waals surface area contributed by atoms with Crippen molar-refractivity contribution in [2.24, 2.45) is 11.7 Å². The number of nitrogens with two attached hydrogens (primary N) is 1. The van der Waals surface area contributed by atoms with Gasteiger partial charge in [0.2, 0.25) is 5.91 Å². The molecule has 192 valence electrons. The standard InChI is InChI=1S/C25H27N7O5/c1-35-22-16(15-12-27-32(13-15)19-7-8-25(19)36-9-10-37-25)3-2-4-17(22)28-18-11-20(29-24(34)14-5-6-14)30-31-21(18)23(26)33/h2-4,11-14,19H,5-10H2,1H3,(H2,26,33)(H2,28,29,30,34). The number of ether oxygens (including phenoxy) is 3. The van der Waals surface area contributed by atoms with Gasteiger partial charge in [0.05, 0.1) is 37.9 Å². The maximum atomic E-state index is 12.2. The Balaban J connectivity index is 1.29. The third-order valence-corrected chi connectivity index (χ3v) is 7.00. The lowest BCUT2D eigenvalue weighted by Gasteiger charge is -2.44. The van der Waals surface area contributed by atoms with Crippen molar-refractivity contribution in [2.45, 2.75) is 37.5 Å². The SMILES string of the molecule is COc1c(Nc2cc(NC(=O)C3CC3)nnc2C(N)=O)cccc1-c1cnn(C2CCC23OCCO3)c1. The number of nitrogens with one attached hydrogen (secondary N) is 2. The first-order valence-electron chi connectivity index (χ1n) is 12.2. The van der Waals surface area contributed by atoms with Gasteiger partial charge in [-0.3, -0.25) is 14.3 Å². The van der Waals surface area contributed by atoms with Crippen LogP contribution in [0.15, 0.2) is 36.7 Å². The molecule has 3 fully saturated rings. The van der Waals surface area contributed by atoms with E-state index in [1.165, 1.54) is 6.07 Å².